The average Bonchev–Trinajstić information content (AvgIpc) is 3.35. The zero-order valence-electron chi connectivity index (χ0n) is 17.7. The Kier molecular flexibility index (Phi) is 3.19. The Labute approximate surface area is 196 Å². The van der Waals surface area contributed by atoms with E-state index in [1.54, 1.807) is 0 Å². The lowest BCUT2D eigenvalue weighted by molar-refractivity contribution is 0.748. The van der Waals surface area contributed by atoms with E-state index in [4.69, 9.17) is 11.6 Å². The lowest BCUT2D eigenvalue weighted by Gasteiger charge is -2.39. The summed E-state index contributed by atoms with van der Waals surface area (Å²) in [5, 5.41) is 3.35. The molecule has 0 N–H and O–H groups in total. The summed E-state index contributed by atoms with van der Waals surface area (Å²) in [5.74, 6) is 0. The van der Waals surface area contributed by atoms with Crippen LogP contribution in [0.2, 0.25) is 5.02 Å². The Hall–Kier alpha value is -3.81. The van der Waals surface area contributed by atoms with Crippen LogP contribution in [0.25, 0.3) is 38.6 Å². The standard InChI is InChI=1S/C31H18ClN/c32-19-16-17-29-27(18-19)31(24-12-4-1-8-20(24)21-9-2-5-13-25(21)31)26-14-7-11-23-22-10-3-6-15-28(22)33(29)30(23)26/h1-18H. The van der Waals surface area contributed by atoms with Crippen LogP contribution in [0.3, 0.4) is 0 Å². The van der Waals surface area contributed by atoms with Crippen molar-refractivity contribution >= 4 is 33.4 Å². The Morgan fingerprint density at radius 2 is 1.18 bits per heavy atom. The van der Waals surface area contributed by atoms with Gasteiger partial charge in [0.05, 0.1) is 22.1 Å². The van der Waals surface area contributed by atoms with E-state index in [0.29, 0.717) is 0 Å². The Morgan fingerprint density at radius 1 is 0.545 bits per heavy atom. The molecule has 8 rings (SSSR count). The van der Waals surface area contributed by atoms with Gasteiger partial charge in [0.1, 0.15) is 0 Å². The predicted octanol–water partition coefficient (Wildman–Crippen LogP) is 8.11. The van der Waals surface area contributed by atoms with Crippen LogP contribution in [-0.4, -0.2) is 4.57 Å². The molecular formula is C31H18ClN. The van der Waals surface area contributed by atoms with Crippen LogP contribution >= 0.6 is 11.6 Å². The highest BCUT2D eigenvalue weighted by Crippen LogP contribution is 2.61. The molecule has 0 amide bonds. The molecule has 0 fully saturated rings. The molecule has 0 radical (unpaired) electrons. The van der Waals surface area contributed by atoms with Gasteiger partial charge in [-0.1, -0.05) is 96.5 Å². The summed E-state index contributed by atoms with van der Waals surface area (Å²) in [7, 11) is 0. The minimum absolute atomic E-state index is 0.405. The van der Waals surface area contributed by atoms with Crippen molar-refractivity contribution in [2.45, 2.75) is 5.41 Å². The summed E-state index contributed by atoms with van der Waals surface area (Å²) in [6.45, 7) is 0. The normalized spacial score (nSPS) is 14.5. The van der Waals surface area contributed by atoms with E-state index in [1.807, 2.05) is 6.07 Å². The van der Waals surface area contributed by atoms with Crippen molar-refractivity contribution in [1.29, 1.82) is 0 Å². The third-order valence-electron chi connectivity index (χ3n) is 7.65. The second-order valence-corrected chi connectivity index (χ2v) is 9.49. The van der Waals surface area contributed by atoms with Crippen molar-refractivity contribution in [1.82, 2.24) is 4.57 Å². The van der Waals surface area contributed by atoms with Gasteiger partial charge >= 0.3 is 0 Å². The van der Waals surface area contributed by atoms with Crippen LogP contribution in [0.15, 0.2) is 109 Å². The number of hydrogen-bond donors (Lipinski definition) is 0. The van der Waals surface area contributed by atoms with E-state index in [1.165, 1.54) is 60.9 Å². The van der Waals surface area contributed by atoms with Crippen LogP contribution in [-0.2, 0) is 5.41 Å². The number of rotatable bonds is 0. The van der Waals surface area contributed by atoms with E-state index in [-0.39, 0.29) is 0 Å². The summed E-state index contributed by atoms with van der Waals surface area (Å²) >= 11 is 6.71. The number of halogens is 1. The highest BCUT2D eigenvalue weighted by Gasteiger charge is 2.50. The van der Waals surface area contributed by atoms with E-state index in [9.17, 15) is 0 Å². The van der Waals surface area contributed by atoms with Crippen molar-refractivity contribution in [3.05, 3.63) is 136 Å². The predicted molar refractivity (Wildman–Crippen MR) is 137 cm³/mol. The fourth-order valence-electron chi connectivity index (χ4n) is 6.54. The molecule has 0 unspecified atom stereocenters. The SMILES string of the molecule is Clc1ccc2c(c1)C1(c3ccccc3-c3ccccc31)c1cccc3c4ccccc4n-2c13. The minimum atomic E-state index is -0.405. The van der Waals surface area contributed by atoms with Crippen LogP contribution in [0.5, 0.6) is 0 Å². The molecule has 2 heterocycles. The number of fused-ring (bicyclic) bond motifs is 12. The minimum Gasteiger partial charge on any atom is -0.309 e. The summed E-state index contributed by atoms with van der Waals surface area (Å²) in [6, 6.07) is 39.7. The monoisotopic (exact) mass is 439 g/mol. The number of aromatic nitrogens is 1. The second kappa shape index (κ2) is 5.95. The molecule has 5 aromatic carbocycles. The van der Waals surface area contributed by atoms with Crippen molar-refractivity contribution in [3.8, 4) is 16.8 Å². The molecule has 0 bridgehead atoms. The molecule has 6 aromatic rings. The topological polar surface area (TPSA) is 4.93 Å². The fourth-order valence-corrected chi connectivity index (χ4v) is 6.71. The molecule has 154 valence electrons. The highest BCUT2D eigenvalue weighted by molar-refractivity contribution is 6.30. The molecule has 1 aliphatic heterocycles. The number of benzene rings is 5. The van der Waals surface area contributed by atoms with Gasteiger partial charge < -0.3 is 4.57 Å². The molecule has 1 aromatic heterocycles. The number of hydrogen-bond acceptors (Lipinski definition) is 0. The highest BCUT2D eigenvalue weighted by atomic mass is 35.5. The molecule has 0 saturated heterocycles. The van der Waals surface area contributed by atoms with E-state index in [0.717, 1.165) is 5.02 Å². The first-order valence-corrected chi connectivity index (χ1v) is 11.7. The summed E-state index contributed by atoms with van der Waals surface area (Å²) in [4.78, 5) is 0. The van der Waals surface area contributed by atoms with Crippen molar-refractivity contribution in [3.63, 3.8) is 0 Å². The number of nitrogens with zero attached hydrogens (tertiary/aromatic N) is 1. The fraction of sp³-hybridized carbons (Fsp3) is 0.0323. The van der Waals surface area contributed by atoms with Crippen molar-refractivity contribution in [2.75, 3.05) is 0 Å². The summed E-state index contributed by atoms with van der Waals surface area (Å²) in [5.41, 5.74) is 11.2. The van der Waals surface area contributed by atoms with Gasteiger partial charge in [-0.05, 0) is 57.6 Å². The first-order valence-electron chi connectivity index (χ1n) is 11.3. The van der Waals surface area contributed by atoms with Crippen molar-refractivity contribution < 1.29 is 0 Å². The van der Waals surface area contributed by atoms with Crippen LogP contribution in [0.1, 0.15) is 22.3 Å². The largest absolute Gasteiger partial charge is 0.309 e. The molecule has 1 nitrogen and oxygen atoms in total. The molecule has 0 atom stereocenters. The first kappa shape index (κ1) is 17.7. The lowest BCUT2D eigenvalue weighted by Crippen LogP contribution is -2.33. The maximum atomic E-state index is 6.71. The molecule has 1 aliphatic carbocycles. The molecule has 33 heavy (non-hydrogen) atoms. The van der Waals surface area contributed by atoms with E-state index in [2.05, 4.69) is 108 Å². The lowest BCUT2D eigenvalue weighted by atomic mass is 9.65. The zero-order valence-corrected chi connectivity index (χ0v) is 18.5. The van der Waals surface area contributed by atoms with Gasteiger partial charge in [-0.2, -0.15) is 0 Å². The van der Waals surface area contributed by atoms with Crippen LogP contribution < -0.4 is 0 Å². The molecular weight excluding hydrogens is 422 g/mol. The second-order valence-electron chi connectivity index (χ2n) is 9.06. The zero-order chi connectivity index (χ0) is 21.7. The first-order chi connectivity index (χ1) is 16.3. The third kappa shape index (κ3) is 1.93. The summed E-state index contributed by atoms with van der Waals surface area (Å²) < 4.78 is 2.44. The smallest absolute Gasteiger partial charge is 0.0755 e. The van der Waals surface area contributed by atoms with Gasteiger partial charge in [0.15, 0.2) is 0 Å². The maximum Gasteiger partial charge on any atom is 0.0755 e. The molecule has 1 spiro atoms. The van der Waals surface area contributed by atoms with Crippen molar-refractivity contribution in [2.24, 2.45) is 0 Å². The van der Waals surface area contributed by atoms with Gasteiger partial charge in [0, 0.05) is 15.8 Å². The van der Waals surface area contributed by atoms with Crippen LogP contribution in [0.4, 0.5) is 0 Å². The van der Waals surface area contributed by atoms with E-state index < -0.39 is 5.41 Å². The van der Waals surface area contributed by atoms with Crippen LogP contribution in [0, 0.1) is 0 Å². The molecule has 2 heteroatoms. The Morgan fingerprint density at radius 3 is 1.97 bits per heavy atom. The Balaban J connectivity index is 1.71. The van der Waals surface area contributed by atoms with Gasteiger partial charge in [-0.25, -0.2) is 0 Å². The van der Waals surface area contributed by atoms with Gasteiger partial charge in [-0.15, -0.1) is 0 Å². The maximum absolute atomic E-state index is 6.71. The quantitative estimate of drug-likeness (QED) is 0.225. The average molecular weight is 440 g/mol. The summed E-state index contributed by atoms with van der Waals surface area (Å²) in [6.07, 6.45) is 0. The Bertz CT molecular complexity index is 1740. The molecule has 2 aliphatic rings. The van der Waals surface area contributed by atoms with Gasteiger partial charge in [0.25, 0.3) is 0 Å². The van der Waals surface area contributed by atoms with E-state index >= 15 is 0 Å². The molecule has 0 saturated carbocycles. The van der Waals surface area contributed by atoms with Gasteiger partial charge in [-0.3, -0.25) is 0 Å². The van der Waals surface area contributed by atoms with Gasteiger partial charge in [0.2, 0.25) is 0 Å². The number of para-hydroxylation sites is 2. The third-order valence-corrected chi connectivity index (χ3v) is 7.89.